The second-order valence-electron chi connectivity index (χ2n) is 4.79. The number of hydrogen-bond donors (Lipinski definition) is 2. The summed E-state index contributed by atoms with van der Waals surface area (Å²) in [7, 11) is 0. The first-order valence-electron chi connectivity index (χ1n) is 6.25. The minimum atomic E-state index is -0.333. The largest absolute Gasteiger partial charge is 0.272 e. The highest BCUT2D eigenvalue weighted by Gasteiger charge is 2.10. The van der Waals surface area contributed by atoms with E-state index in [1.54, 1.807) is 13.0 Å². The predicted molar refractivity (Wildman–Crippen MR) is 77.9 cm³/mol. The van der Waals surface area contributed by atoms with E-state index in [0.29, 0.717) is 22.2 Å². The summed E-state index contributed by atoms with van der Waals surface area (Å²) in [5.74, 6) is 0. The Bertz CT molecular complexity index is 905. The molecule has 0 saturated carbocycles. The van der Waals surface area contributed by atoms with Crippen LogP contribution in [-0.2, 0) is 0 Å². The van der Waals surface area contributed by atoms with Crippen LogP contribution >= 0.6 is 0 Å². The third-order valence-corrected chi connectivity index (χ3v) is 3.31. The van der Waals surface area contributed by atoms with Gasteiger partial charge in [0.2, 0.25) is 0 Å². The van der Waals surface area contributed by atoms with Gasteiger partial charge in [0.25, 0.3) is 11.1 Å². The SMILES string of the molecule is Cc1ccc(-c2cc3c(=O)[nH][nH]c(=O)c3c(C)n2)cc1. The molecule has 2 N–H and O–H groups in total. The number of nitrogens with one attached hydrogen (secondary N) is 2. The monoisotopic (exact) mass is 267 g/mol. The molecule has 0 radical (unpaired) electrons. The van der Waals surface area contributed by atoms with Crippen molar-refractivity contribution in [3.05, 3.63) is 62.3 Å². The Labute approximate surface area is 114 Å². The van der Waals surface area contributed by atoms with E-state index < -0.39 is 0 Å². The minimum Gasteiger partial charge on any atom is -0.267 e. The number of benzene rings is 1. The Morgan fingerprint density at radius 3 is 2.30 bits per heavy atom. The Morgan fingerprint density at radius 1 is 0.950 bits per heavy atom. The molecule has 1 aromatic carbocycles. The van der Waals surface area contributed by atoms with Crippen LogP contribution in [0, 0.1) is 13.8 Å². The third-order valence-electron chi connectivity index (χ3n) is 3.31. The first-order valence-corrected chi connectivity index (χ1v) is 6.25. The highest BCUT2D eigenvalue weighted by atomic mass is 16.1. The van der Waals surface area contributed by atoms with Crippen LogP contribution in [0.25, 0.3) is 22.0 Å². The van der Waals surface area contributed by atoms with Crippen molar-refractivity contribution >= 4 is 10.8 Å². The van der Waals surface area contributed by atoms with E-state index in [4.69, 9.17) is 0 Å². The molecule has 0 bridgehead atoms. The predicted octanol–water partition coefficient (Wildman–Crippen LogP) is 1.90. The van der Waals surface area contributed by atoms with Crippen molar-refractivity contribution in [1.29, 1.82) is 0 Å². The van der Waals surface area contributed by atoms with Gasteiger partial charge in [-0.3, -0.25) is 24.8 Å². The molecule has 0 aliphatic carbocycles. The van der Waals surface area contributed by atoms with Gasteiger partial charge in [-0.15, -0.1) is 0 Å². The first kappa shape index (κ1) is 12.3. The van der Waals surface area contributed by atoms with Gasteiger partial charge < -0.3 is 0 Å². The maximum absolute atomic E-state index is 11.9. The molecule has 100 valence electrons. The third kappa shape index (κ3) is 1.93. The number of hydrogen-bond acceptors (Lipinski definition) is 3. The fourth-order valence-electron chi connectivity index (χ4n) is 2.25. The zero-order chi connectivity index (χ0) is 14.3. The number of aromatic amines is 2. The fraction of sp³-hybridized carbons (Fsp3) is 0.133. The lowest BCUT2D eigenvalue weighted by molar-refractivity contribution is 0.971. The Kier molecular flexibility index (Phi) is 2.75. The average Bonchev–Trinajstić information content (AvgIpc) is 2.43. The molecule has 0 aliphatic heterocycles. The Hall–Kier alpha value is -2.69. The van der Waals surface area contributed by atoms with Gasteiger partial charge in [-0.25, -0.2) is 0 Å². The molecule has 0 amide bonds. The number of H-pyrrole nitrogens is 2. The fourth-order valence-corrected chi connectivity index (χ4v) is 2.25. The molecule has 2 aromatic heterocycles. The van der Waals surface area contributed by atoms with Gasteiger partial charge in [-0.2, -0.15) is 0 Å². The van der Waals surface area contributed by atoms with Crippen LogP contribution in [0.2, 0.25) is 0 Å². The lowest BCUT2D eigenvalue weighted by Gasteiger charge is -2.06. The molecular formula is C15H13N3O2. The van der Waals surface area contributed by atoms with E-state index in [0.717, 1.165) is 11.1 Å². The number of aryl methyl sites for hydroxylation is 2. The van der Waals surface area contributed by atoms with Crippen molar-refractivity contribution in [3.8, 4) is 11.3 Å². The zero-order valence-corrected chi connectivity index (χ0v) is 11.2. The highest BCUT2D eigenvalue weighted by Crippen LogP contribution is 2.21. The second-order valence-corrected chi connectivity index (χ2v) is 4.79. The maximum Gasteiger partial charge on any atom is 0.272 e. The second kappa shape index (κ2) is 4.45. The average molecular weight is 267 g/mol. The molecule has 0 spiro atoms. The van der Waals surface area contributed by atoms with Crippen LogP contribution < -0.4 is 11.1 Å². The molecule has 0 atom stereocenters. The van der Waals surface area contributed by atoms with Crippen LogP contribution in [0.15, 0.2) is 39.9 Å². The van der Waals surface area contributed by atoms with Crippen molar-refractivity contribution in [2.75, 3.05) is 0 Å². The topological polar surface area (TPSA) is 78.6 Å². The zero-order valence-electron chi connectivity index (χ0n) is 11.2. The van der Waals surface area contributed by atoms with Gasteiger partial charge >= 0.3 is 0 Å². The van der Waals surface area contributed by atoms with E-state index in [1.807, 2.05) is 31.2 Å². The summed E-state index contributed by atoms with van der Waals surface area (Å²) in [6.07, 6.45) is 0. The van der Waals surface area contributed by atoms with Crippen molar-refractivity contribution in [1.82, 2.24) is 15.2 Å². The molecule has 0 aliphatic rings. The van der Waals surface area contributed by atoms with E-state index in [2.05, 4.69) is 15.2 Å². The van der Waals surface area contributed by atoms with Crippen LogP contribution in [0.4, 0.5) is 0 Å². The summed E-state index contributed by atoms with van der Waals surface area (Å²) in [4.78, 5) is 28.1. The lowest BCUT2D eigenvalue weighted by atomic mass is 10.1. The van der Waals surface area contributed by atoms with Crippen molar-refractivity contribution in [2.24, 2.45) is 0 Å². The standard InChI is InChI=1S/C15H13N3O2/c1-8-3-5-10(6-4-8)12-7-11-13(9(2)16-12)15(20)18-17-14(11)19/h3-7H,1-2H3,(H,17,19)(H,18,20). The van der Waals surface area contributed by atoms with E-state index in [1.165, 1.54) is 0 Å². The highest BCUT2D eigenvalue weighted by molar-refractivity contribution is 5.86. The van der Waals surface area contributed by atoms with Gasteiger partial charge in [-0.05, 0) is 19.9 Å². The number of nitrogens with zero attached hydrogens (tertiary/aromatic N) is 1. The molecule has 2 heterocycles. The summed E-state index contributed by atoms with van der Waals surface area (Å²) in [5, 5.41) is 5.35. The Morgan fingerprint density at radius 2 is 1.60 bits per heavy atom. The van der Waals surface area contributed by atoms with Crippen LogP contribution in [0.5, 0.6) is 0 Å². The van der Waals surface area contributed by atoms with Gasteiger partial charge in [0, 0.05) is 5.56 Å². The smallest absolute Gasteiger partial charge is 0.267 e. The molecular weight excluding hydrogens is 254 g/mol. The van der Waals surface area contributed by atoms with E-state index in [9.17, 15) is 9.59 Å². The maximum atomic E-state index is 11.9. The van der Waals surface area contributed by atoms with Gasteiger partial charge in [0.1, 0.15) is 0 Å². The van der Waals surface area contributed by atoms with Gasteiger partial charge in [0.15, 0.2) is 0 Å². The molecule has 20 heavy (non-hydrogen) atoms. The number of rotatable bonds is 1. The summed E-state index contributed by atoms with van der Waals surface area (Å²) >= 11 is 0. The van der Waals surface area contributed by atoms with Gasteiger partial charge in [0.05, 0.1) is 22.2 Å². The molecule has 0 saturated heterocycles. The molecule has 5 nitrogen and oxygen atoms in total. The molecule has 5 heteroatoms. The lowest BCUT2D eigenvalue weighted by Crippen LogP contribution is -2.20. The number of aromatic nitrogens is 3. The van der Waals surface area contributed by atoms with Crippen LogP contribution in [-0.4, -0.2) is 15.2 Å². The van der Waals surface area contributed by atoms with Crippen LogP contribution in [0.1, 0.15) is 11.3 Å². The number of fused-ring (bicyclic) bond motifs is 1. The van der Waals surface area contributed by atoms with Crippen molar-refractivity contribution in [2.45, 2.75) is 13.8 Å². The quantitative estimate of drug-likeness (QED) is 0.706. The minimum absolute atomic E-state index is 0.321. The first-order chi connectivity index (χ1) is 9.56. The van der Waals surface area contributed by atoms with Crippen molar-refractivity contribution < 1.29 is 0 Å². The number of pyridine rings is 1. The van der Waals surface area contributed by atoms with E-state index >= 15 is 0 Å². The molecule has 3 aromatic rings. The van der Waals surface area contributed by atoms with Crippen LogP contribution in [0.3, 0.4) is 0 Å². The molecule has 0 unspecified atom stereocenters. The molecule has 0 fully saturated rings. The summed E-state index contributed by atoms with van der Waals surface area (Å²) in [6.45, 7) is 3.74. The van der Waals surface area contributed by atoms with E-state index in [-0.39, 0.29) is 11.1 Å². The van der Waals surface area contributed by atoms with Crippen molar-refractivity contribution in [3.63, 3.8) is 0 Å². The molecule has 3 rings (SSSR count). The summed E-state index contributed by atoms with van der Waals surface area (Å²) < 4.78 is 0. The summed E-state index contributed by atoms with van der Waals surface area (Å²) in [5.41, 5.74) is 2.65. The Balaban J connectivity index is 2.35. The summed E-state index contributed by atoms with van der Waals surface area (Å²) in [6, 6.07) is 9.52. The van der Waals surface area contributed by atoms with Gasteiger partial charge in [-0.1, -0.05) is 29.8 Å². The normalized spacial score (nSPS) is 10.9.